The zero-order valence-electron chi connectivity index (χ0n) is 10.9. The van der Waals surface area contributed by atoms with Crippen molar-refractivity contribution in [1.29, 1.82) is 0 Å². The Hall–Kier alpha value is -2.59. The molecular formula is C16H12ClNO3. The van der Waals surface area contributed by atoms with Gasteiger partial charge in [0.1, 0.15) is 0 Å². The molecule has 0 atom stereocenters. The molecule has 0 amide bonds. The van der Waals surface area contributed by atoms with E-state index in [9.17, 15) is 9.59 Å². The Morgan fingerprint density at radius 2 is 1.81 bits per heavy atom. The normalized spacial score (nSPS) is 10.5. The fraction of sp³-hybridized carbons (Fsp3) is 0. The summed E-state index contributed by atoms with van der Waals surface area (Å²) in [7, 11) is 0. The lowest BCUT2D eigenvalue weighted by Gasteiger charge is -2.09. The summed E-state index contributed by atoms with van der Waals surface area (Å²) in [5.74, 6) is -1.27. The predicted molar refractivity (Wildman–Crippen MR) is 81.7 cm³/mol. The standard InChI is InChI=1S/C16H12ClNO3/c17-12-6-7-14(18-9-8-15(19)20)13(10-12)16(21)11-4-2-1-3-5-11/h1-10,18H,(H,19,20). The van der Waals surface area contributed by atoms with E-state index in [4.69, 9.17) is 16.7 Å². The van der Waals surface area contributed by atoms with Gasteiger partial charge in [0.25, 0.3) is 0 Å². The number of ketones is 1. The van der Waals surface area contributed by atoms with Crippen molar-refractivity contribution in [2.75, 3.05) is 5.32 Å². The number of hydrogen-bond acceptors (Lipinski definition) is 3. The smallest absolute Gasteiger partial charge is 0.329 e. The predicted octanol–water partition coefficient (Wildman–Crippen LogP) is 3.58. The van der Waals surface area contributed by atoms with Crippen LogP contribution in [0.3, 0.4) is 0 Å². The molecule has 0 radical (unpaired) electrons. The molecule has 0 saturated heterocycles. The molecule has 0 aliphatic carbocycles. The minimum atomic E-state index is -1.08. The van der Waals surface area contributed by atoms with Crippen LogP contribution in [-0.2, 0) is 4.79 Å². The summed E-state index contributed by atoms with van der Waals surface area (Å²) in [6.07, 6.45) is 2.21. The van der Waals surface area contributed by atoms with E-state index in [1.165, 1.54) is 6.20 Å². The maximum atomic E-state index is 12.5. The second kappa shape index (κ2) is 6.72. The summed E-state index contributed by atoms with van der Waals surface area (Å²) >= 11 is 5.94. The van der Waals surface area contributed by atoms with E-state index >= 15 is 0 Å². The van der Waals surface area contributed by atoms with Crippen LogP contribution in [0.15, 0.2) is 60.8 Å². The zero-order chi connectivity index (χ0) is 15.2. The average molecular weight is 302 g/mol. The number of rotatable bonds is 5. The Morgan fingerprint density at radius 3 is 2.48 bits per heavy atom. The van der Waals surface area contributed by atoms with Crippen LogP contribution in [0.25, 0.3) is 0 Å². The second-order valence-electron chi connectivity index (χ2n) is 4.20. The summed E-state index contributed by atoms with van der Waals surface area (Å²) < 4.78 is 0. The monoisotopic (exact) mass is 301 g/mol. The molecule has 4 nitrogen and oxygen atoms in total. The Labute approximate surface area is 126 Å². The van der Waals surface area contributed by atoms with Crippen LogP contribution >= 0.6 is 11.6 Å². The third-order valence-electron chi connectivity index (χ3n) is 2.73. The van der Waals surface area contributed by atoms with Crippen molar-refractivity contribution in [3.8, 4) is 0 Å². The molecular weight excluding hydrogens is 290 g/mol. The molecule has 21 heavy (non-hydrogen) atoms. The maximum Gasteiger partial charge on any atom is 0.329 e. The quantitative estimate of drug-likeness (QED) is 0.654. The van der Waals surface area contributed by atoms with Gasteiger partial charge in [0, 0.05) is 34.1 Å². The highest BCUT2D eigenvalue weighted by molar-refractivity contribution is 6.31. The van der Waals surface area contributed by atoms with Crippen LogP contribution < -0.4 is 5.32 Å². The van der Waals surface area contributed by atoms with Crippen molar-refractivity contribution in [3.05, 3.63) is 77.0 Å². The van der Waals surface area contributed by atoms with Gasteiger partial charge in [-0.25, -0.2) is 4.79 Å². The number of carboxylic acid groups (broad SMARTS) is 1. The van der Waals surface area contributed by atoms with Crippen LogP contribution in [0.1, 0.15) is 15.9 Å². The number of benzene rings is 2. The lowest BCUT2D eigenvalue weighted by molar-refractivity contribution is -0.131. The first-order chi connectivity index (χ1) is 10.1. The number of anilines is 1. The fourth-order valence-electron chi connectivity index (χ4n) is 1.78. The Morgan fingerprint density at radius 1 is 1.10 bits per heavy atom. The van der Waals surface area contributed by atoms with Gasteiger partial charge in [-0.3, -0.25) is 4.79 Å². The third kappa shape index (κ3) is 3.94. The molecule has 0 saturated carbocycles. The molecule has 2 N–H and O–H groups in total. The maximum absolute atomic E-state index is 12.5. The van der Waals surface area contributed by atoms with Gasteiger partial charge in [-0.1, -0.05) is 41.9 Å². The SMILES string of the molecule is O=C(O)C=CNc1ccc(Cl)cc1C(=O)c1ccccc1. The molecule has 0 fully saturated rings. The van der Waals surface area contributed by atoms with Gasteiger partial charge in [0.05, 0.1) is 0 Å². The Balaban J connectivity index is 2.35. The molecule has 0 heterocycles. The van der Waals surface area contributed by atoms with E-state index < -0.39 is 5.97 Å². The fourth-order valence-corrected chi connectivity index (χ4v) is 1.95. The van der Waals surface area contributed by atoms with Gasteiger partial charge in [-0.2, -0.15) is 0 Å². The van der Waals surface area contributed by atoms with Gasteiger partial charge >= 0.3 is 5.97 Å². The van der Waals surface area contributed by atoms with Crippen molar-refractivity contribution < 1.29 is 14.7 Å². The second-order valence-corrected chi connectivity index (χ2v) is 4.64. The topological polar surface area (TPSA) is 66.4 Å². The summed E-state index contributed by atoms with van der Waals surface area (Å²) in [4.78, 5) is 22.9. The van der Waals surface area contributed by atoms with Crippen LogP contribution in [0.4, 0.5) is 5.69 Å². The zero-order valence-corrected chi connectivity index (χ0v) is 11.7. The minimum absolute atomic E-state index is 0.190. The molecule has 0 unspecified atom stereocenters. The van der Waals surface area contributed by atoms with Crippen molar-refractivity contribution in [2.24, 2.45) is 0 Å². The van der Waals surface area contributed by atoms with Crippen molar-refractivity contribution >= 4 is 29.0 Å². The first kappa shape index (κ1) is 14.8. The van der Waals surface area contributed by atoms with Crippen LogP contribution in [0.2, 0.25) is 5.02 Å². The number of hydrogen-bond donors (Lipinski definition) is 2. The van der Waals surface area contributed by atoms with Gasteiger partial charge in [-0.15, -0.1) is 0 Å². The number of aliphatic carboxylic acids is 1. The van der Waals surface area contributed by atoms with Crippen molar-refractivity contribution in [1.82, 2.24) is 0 Å². The molecule has 0 aliphatic heterocycles. The number of carbonyl (C=O) groups excluding carboxylic acids is 1. The minimum Gasteiger partial charge on any atom is -0.478 e. The van der Waals surface area contributed by atoms with Gasteiger partial charge in [0.2, 0.25) is 0 Å². The Bertz CT molecular complexity index is 696. The number of halogens is 1. The highest BCUT2D eigenvalue weighted by Gasteiger charge is 2.13. The molecule has 0 bridgehead atoms. The van der Waals surface area contributed by atoms with Crippen molar-refractivity contribution in [2.45, 2.75) is 0 Å². The molecule has 2 aromatic rings. The largest absolute Gasteiger partial charge is 0.478 e. The van der Waals surface area contributed by atoms with Crippen molar-refractivity contribution in [3.63, 3.8) is 0 Å². The summed E-state index contributed by atoms with van der Waals surface area (Å²) in [5, 5.41) is 11.8. The van der Waals surface area contributed by atoms with E-state index in [1.807, 2.05) is 6.07 Å². The summed E-state index contributed by atoms with van der Waals surface area (Å²) in [6, 6.07) is 13.6. The van der Waals surface area contributed by atoms with Gasteiger partial charge in [0.15, 0.2) is 5.78 Å². The number of nitrogens with one attached hydrogen (secondary N) is 1. The van der Waals surface area contributed by atoms with E-state index in [0.29, 0.717) is 21.8 Å². The van der Waals surface area contributed by atoms with E-state index in [1.54, 1.807) is 42.5 Å². The Kier molecular flexibility index (Phi) is 4.74. The first-order valence-electron chi connectivity index (χ1n) is 6.13. The summed E-state index contributed by atoms with van der Waals surface area (Å²) in [6.45, 7) is 0. The molecule has 106 valence electrons. The number of carbonyl (C=O) groups is 2. The van der Waals surface area contributed by atoms with Gasteiger partial charge in [-0.05, 0) is 18.2 Å². The first-order valence-corrected chi connectivity index (χ1v) is 6.51. The number of carboxylic acids is 1. The van der Waals surface area contributed by atoms with Crippen LogP contribution in [0.5, 0.6) is 0 Å². The van der Waals surface area contributed by atoms with E-state index in [0.717, 1.165) is 6.08 Å². The van der Waals surface area contributed by atoms with Crippen LogP contribution in [-0.4, -0.2) is 16.9 Å². The van der Waals surface area contributed by atoms with E-state index in [-0.39, 0.29) is 5.78 Å². The molecule has 0 aliphatic rings. The molecule has 2 rings (SSSR count). The average Bonchev–Trinajstić information content (AvgIpc) is 2.48. The lowest BCUT2D eigenvalue weighted by Crippen LogP contribution is -2.05. The molecule has 0 spiro atoms. The highest BCUT2D eigenvalue weighted by atomic mass is 35.5. The molecule has 5 heteroatoms. The molecule has 2 aromatic carbocycles. The summed E-state index contributed by atoms with van der Waals surface area (Å²) in [5.41, 5.74) is 1.40. The van der Waals surface area contributed by atoms with Gasteiger partial charge < -0.3 is 10.4 Å². The third-order valence-corrected chi connectivity index (χ3v) is 2.96. The molecule has 0 aromatic heterocycles. The highest BCUT2D eigenvalue weighted by Crippen LogP contribution is 2.23. The van der Waals surface area contributed by atoms with E-state index in [2.05, 4.69) is 5.32 Å². The lowest BCUT2D eigenvalue weighted by atomic mass is 10.0. The van der Waals surface area contributed by atoms with Crippen LogP contribution in [0, 0.1) is 0 Å².